The average molecular weight is 333 g/mol. The molecule has 3 rings (SSSR count). The highest BCUT2D eigenvalue weighted by atomic mass is 32.2. The fraction of sp³-hybridized carbons (Fsp3) is 0.133. The molecule has 22 heavy (non-hydrogen) atoms. The summed E-state index contributed by atoms with van der Waals surface area (Å²) >= 11 is 1.20. The van der Waals surface area contributed by atoms with E-state index in [1.165, 1.54) is 11.3 Å². The number of para-hydroxylation sites is 1. The van der Waals surface area contributed by atoms with Crippen LogP contribution in [-0.2, 0) is 17.1 Å². The Balaban J connectivity index is 1.92. The van der Waals surface area contributed by atoms with Gasteiger partial charge in [0.2, 0.25) is 0 Å². The SMILES string of the molecule is Cc1ccccc1NS(=O)(=O)c1cc(-c2ccnn2C)cs1. The van der Waals surface area contributed by atoms with Crippen LogP contribution in [0.3, 0.4) is 0 Å². The van der Waals surface area contributed by atoms with E-state index in [-0.39, 0.29) is 4.21 Å². The molecule has 0 fully saturated rings. The standard InChI is InChI=1S/C15H15N3O2S2/c1-11-5-3-4-6-13(11)17-22(19,20)15-9-12(10-21-15)14-7-8-16-18(14)2/h3-10,17H,1-2H3. The number of nitrogens with one attached hydrogen (secondary N) is 1. The number of anilines is 1. The molecule has 7 heteroatoms. The molecular weight excluding hydrogens is 318 g/mol. The van der Waals surface area contributed by atoms with Crippen molar-refractivity contribution in [1.82, 2.24) is 9.78 Å². The minimum atomic E-state index is -3.58. The fourth-order valence-corrected chi connectivity index (χ4v) is 4.44. The number of hydrogen-bond acceptors (Lipinski definition) is 4. The predicted molar refractivity (Wildman–Crippen MR) is 88.5 cm³/mol. The van der Waals surface area contributed by atoms with Gasteiger partial charge in [0, 0.05) is 24.2 Å². The van der Waals surface area contributed by atoms with Crippen molar-refractivity contribution < 1.29 is 8.42 Å². The second kappa shape index (κ2) is 5.58. The van der Waals surface area contributed by atoms with Crippen molar-refractivity contribution >= 4 is 27.0 Å². The van der Waals surface area contributed by atoms with Gasteiger partial charge in [0.15, 0.2) is 0 Å². The second-order valence-corrected chi connectivity index (χ2v) is 7.74. The van der Waals surface area contributed by atoms with Gasteiger partial charge >= 0.3 is 0 Å². The Labute approximate surface area is 133 Å². The van der Waals surface area contributed by atoms with Gasteiger partial charge in [-0.15, -0.1) is 11.3 Å². The highest BCUT2D eigenvalue weighted by Gasteiger charge is 2.19. The van der Waals surface area contributed by atoms with Crippen molar-refractivity contribution in [2.75, 3.05) is 4.72 Å². The molecule has 0 saturated heterocycles. The van der Waals surface area contributed by atoms with E-state index in [4.69, 9.17) is 0 Å². The molecule has 3 aromatic rings. The second-order valence-electron chi connectivity index (χ2n) is 4.91. The lowest BCUT2D eigenvalue weighted by molar-refractivity contribution is 0.603. The third-order valence-corrected chi connectivity index (χ3v) is 6.15. The summed E-state index contributed by atoms with van der Waals surface area (Å²) in [5.41, 5.74) is 3.20. The topological polar surface area (TPSA) is 64.0 Å². The molecule has 0 bridgehead atoms. The summed E-state index contributed by atoms with van der Waals surface area (Å²) in [7, 11) is -1.75. The maximum Gasteiger partial charge on any atom is 0.271 e. The van der Waals surface area contributed by atoms with E-state index >= 15 is 0 Å². The van der Waals surface area contributed by atoms with Gasteiger partial charge < -0.3 is 0 Å². The molecule has 0 atom stereocenters. The zero-order valence-corrected chi connectivity index (χ0v) is 13.8. The summed E-state index contributed by atoms with van der Waals surface area (Å²) < 4.78 is 29.6. The third kappa shape index (κ3) is 2.77. The largest absolute Gasteiger partial charge is 0.279 e. The lowest BCUT2D eigenvalue weighted by Crippen LogP contribution is -2.12. The van der Waals surface area contributed by atoms with Gasteiger partial charge in [-0.1, -0.05) is 18.2 Å². The van der Waals surface area contributed by atoms with Crippen molar-refractivity contribution in [3.8, 4) is 11.3 Å². The number of thiophene rings is 1. The van der Waals surface area contributed by atoms with E-state index in [9.17, 15) is 8.42 Å². The summed E-state index contributed by atoms with van der Waals surface area (Å²) in [6.07, 6.45) is 1.69. The Morgan fingerprint density at radius 1 is 1.23 bits per heavy atom. The summed E-state index contributed by atoms with van der Waals surface area (Å²) in [6, 6.07) is 10.8. The maximum atomic E-state index is 12.5. The summed E-state index contributed by atoms with van der Waals surface area (Å²) in [5.74, 6) is 0. The summed E-state index contributed by atoms with van der Waals surface area (Å²) in [4.78, 5) is 0. The van der Waals surface area contributed by atoms with Gasteiger partial charge in [-0.3, -0.25) is 9.40 Å². The molecule has 0 radical (unpaired) electrons. The molecule has 0 aliphatic carbocycles. The van der Waals surface area contributed by atoms with Crippen molar-refractivity contribution in [3.05, 3.63) is 53.5 Å². The monoisotopic (exact) mass is 333 g/mol. The molecule has 0 aliphatic rings. The predicted octanol–water partition coefficient (Wildman–Crippen LogP) is 3.26. The number of nitrogens with zero attached hydrogens (tertiary/aromatic N) is 2. The van der Waals surface area contributed by atoms with Crippen LogP contribution in [0.4, 0.5) is 5.69 Å². The Bertz CT molecular complexity index is 910. The average Bonchev–Trinajstić information content (AvgIpc) is 3.10. The molecule has 2 heterocycles. The Morgan fingerprint density at radius 3 is 2.68 bits per heavy atom. The van der Waals surface area contributed by atoms with Crippen LogP contribution in [0.25, 0.3) is 11.3 Å². The molecule has 0 spiro atoms. The summed E-state index contributed by atoms with van der Waals surface area (Å²) in [5, 5.41) is 5.92. The van der Waals surface area contributed by atoms with Crippen molar-refractivity contribution in [3.63, 3.8) is 0 Å². The van der Waals surface area contributed by atoms with Gasteiger partial charge in [0.1, 0.15) is 4.21 Å². The van der Waals surface area contributed by atoms with Crippen molar-refractivity contribution in [2.45, 2.75) is 11.1 Å². The minimum Gasteiger partial charge on any atom is -0.279 e. The highest BCUT2D eigenvalue weighted by molar-refractivity contribution is 7.94. The lowest BCUT2D eigenvalue weighted by Gasteiger charge is -2.08. The van der Waals surface area contributed by atoms with E-state index in [0.717, 1.165) is 16.8 Å². The quantitative estimate of drug-likeness (QED) is 0.797. The Kier molecular flexibility index (Phi) is 3.76. The number of aryl methyl sites for hydroxylation is 2. The minimum absolute atomic E-state index is 0.284. The van der Waals surface area contributed by atoms with Crippen molar-refractivity contribution in [1.29, 1.82) is 0 Å². The highest BCUT2D eigenvalue weighted by Crippen LogP contribution is 2.29. The van der Waals surface area contributed by atoms with Crippen LogP contribution < -0.4 is 4.72 Å². The first-order valence-corrected chi connectivity index (χ1v) is 8.99. The first-order valence-electron chi connectivity index (χ1n) is 6.63. The van der Waals surface area contributed by atoms with E-state index in [2.05, 4.69) is 9.82 Å². The molecule has 2 aromatic heterocycles. The fourth-order valence-electron chi connectivity index (χ4n) is 2.13. The number of benzene rings is 1. The molecule has 0 amide bonds. The molecule has 0 unspecified atom stereocenters. The summed E-state index contributed by atoms with van der Waals surface area (Å²) in [6.45, 7) is 1.87. The zero-order chi connectivity index (χ0) is 15.7. The van der Waals surface area contributed by atoms with Gasteiger partial charge in [0.25, 0.3) is 10.0 Å². The number of hydrogen-bond donors (Lipinski definition) is 1. The molecule has 0 saturated carbocycles. The van der Waals surface area contributed by atoms with Crippen molar-refractivity contribution in [2.24, 2.45) is 7.05 Å². The van der Waals surface area contributed by atoms with Crippen LogP contribution in [-0.4, -0.2) is 18.2 Å². The van der Waals surface area contributed by atoms with Crippen LogP contribution in [0.1, 0.15) is 5.56 Å². The normalized spacial score (nSPS) is 11.5. The zero-order valence-electron chi connectivity index (χ0n) is 12.1. The molecule has 1 aromatic carbocycles. The molecule has 0 aliphatic heterocycles. The van der Waals surface area contributed by atoms with E-state index in [0.29, 0.717) is 5.69 Å². The molecular formula is C15H15N3O2S2. The van der Waals surface area contributed by atoms with Crippen LogP contribution in [0.2, 0.25) is 0 Å². The van der Waals surface area contributed by atoms with Crippen LogP contribution in [0, 0.1) is 6.92 Å². The van der Waals surface area contributed by atoms with E-state index < -0.39 is 10.0 Å². The van der Waals surface area contributed by atoms with Crippen LogP contribution >= 0.6 is 11.3 Å². The number of sulfonamides is 1. The van der Waals surface area contributed by atoms with E-state index in [1.54, 1.807) is 29.1 Å². The third-order valence-electron chi connectivity index (χ3n) is 3.35. The first-order chi connectivity index (χ1) is 10.5. The van der Waals surface area contributed by atoms with Gasteiger partial charge in [0.05, 0.1) is 11.4 Å². The van der Waals surface area contributed by atoms with E-state index in [1.807, 2.05) is 37.6 Å². The molecule has 1 N–H and O–H groups in total. The number of aromatic nitrogens is 2. The Hall–Kier alpha value is -2.12. The smallest absolute Gasteiger partial charge is 0.271 e. The van der Waals surface area contributed by atoms with Gasteiger partial charge in [-0.2, -0.15) is 5.10 Å². The Morgan fingerprint density at radius 2 is 2.00 bits per heavy atom. The van der Waals surface area contributed by atoms with Gasteiger partial charge in [-0.05, 0) is 30.7 Å². The van der Waals surface area contributed by atoms with Gasteiger partial charge in [-0.25, -0.2) is 8.42 Å². The molecule has 114 valence electrons. The maximum absolute atomic E-state index is 12.5. The number of rotatable bonds is 4. The van der Waals surface area contributed by atoms with Crippen LogP contribution in [0.5, 0.6) is 0 Å². The van der Waals surface area contributed by atoms with Crippen LogP contribution in [0.15, 0.2) is 52.2 Å². The lowest BCUT2D eigenvalue weighted by atomic mass is 10.2. The molecule has 5 nitrogen and oxygen atoms in total. The first kappa shape index (κ1) is 14.8.